The van der Waals surface area contributed by atoms with Gasteiger partial charge in [-0.25, -0.2) is 14.5 Å². The van der Waals surface area contributed by atoms with E-state index >= 15 is 0 Å². The molecular formula is C19H24B3N7O. The van der Waals surface area contributed by atoms with Crippen LogP contribution in [0.1, 0.15) is 25.7 Å². The second-order valence-electron chi connectivity index (χ2n) is 8.96. The summed E-state index contributed by atoms with van der Waals surface area (Å²) in [6, 6.07) is 4.30. The Kier molecular flexibility index (Phi) is 4.77. The quantitative estimate of drug-likeness (QED) is 0.457. The van der Waals surface area contributed by atoms with Crippen LogP contribution in [0.25, 0.3) is 27.9 Å². The van der Waals surface area contributed by atoms with Gasteiger partial charge >= 0.3 is 0 Å². The number of H-pyrrole nitrogens is 1. The van der Waals surface area contributed by atoms with E-state index in [1.54, 1.807) is 10.7 Å². The highest BCUT2D eigenvalue weighted by atomic mass is 16.5. The minimum atomic E-state index is -0.0817. The van der Waals surface area contributed by atoms with Crippen LogP contribution in [0.15, 0.2) is 36.9 Å². The summed E-state index contributed by atoms with van der Waals surface area (Å²) < 4.78 is 7.89. The van der Waals surface area contributed by atoms with Gasteiger partial charge in [-0.15, -0.1) is 0 Å². The van der Waals surface area contributed by atoms with Crippen LogP contribution in [0.5, 0.6) is 0 Å². The Morgan fingerprint density at radius 3 is 2.77 bits per heavy atom. The molecule has 4 aromatic heterocycles. The number of fused-ring (bicyclic) bond motifs is 2. The van der Waals surface area contributed by atoms with Gasteiger partial charge in [-0.1, -0.05) is 0 Å². The Hall–Kier alpha value is -2.81. The summed E-state index contributed by atoms with van der Waals surface area (Å²) in [6.45, 7) is 0. The Morgan fingerprint density at radius 2 is 1.97 bits per heavy atom. The minimum Gasteiger partial charge on any atom is -0.398 e. The van der Waals surface area contributed by atoms with Gasteiger partial charge in [-0.3, -0.25) is 0 Å². The molecule has 1 saturated carbocycles. The first kappa shape index (κ1) is 19.2. The Morgan fingerprint density at radius 1 is 1.13 bits per heavy atom. The highest BCUT2D eigenvalue weighted by Crippen LogP contribution is 2.28. The number of anilines is 1. The molecule has 0 aliphatic heterocycles. The van der Waals surface area contributed by atoms with Crippen molar-refractivity contribution in [2.75, 3.05) is 5.32 Å². The van der Waals surface area contributed by atoms with E-state index in [0.717, 1.165) is 53.6 Å². The fraction of sp³-hybridized carbons (Fsp3) is 0.368. The van der Waals surface area contributed by atoms with E-state index < -0.39 is 0 Å². The van der Waals surface area contributed by atoms with Crippen LogP contribution in [-0.2, 0) is 4.74 Å². The fourth-order valence-corrected chi connectivity index (χ4v) is 4.16. The van der Waals surface area contributed by atoms with E-state index in [4.69, 9.17) is 9.72 Å². The van der Waals surface area contributed by atoms with Crippen molar-refractivity contribution in [3.63, 3.8) is 0 Å². The van der Waals surface area contributed by atoms with E-state index in [-0.39, 0.29) is 5.30 Å². The van der Waals surface area contributed by atoms with Crippen LogP contribution in [0.2, 0.25) is 0 Å². The normalized spacial score (nSPS) is 20.0. The zero-order chi connectivity index (χ0) is 20.7. The molecule has 150 valence electrons. The van der Waals surface area contributed by atoms with Gasteiger partial charge in [-0.05, 0) is 43.1 Å². The zero-order valence-electron chi connectivity index (χ0n) is 17.6. The molecule has 0 bridgehead atoms. The average molecular weight is 399 g/mol. The van der Waals surface area contributed by atoms with Crippen molar-refractivity contribution in [2.45, 2.75) is 43.1 Å². The smallest absolute Gasteiger partial charge is 0.224 e. The molecule has 4 heterocycles. The molecule has 4 aromatic rings. The molecule has 1 fully saturated rings. The van der Waals surface area contributed by atoms with Crippen LogP contribution in [0.3, 0.4) is 0 Å². The predicted octanol–water partition coefficient (Wildman–Crippen LogP) is -0.0821. The second-order valence-corrected chi connectivity index (χ2v) is 8.96. The third-order valence-corrected chi connectivity index (χ3v) is 5.49. The molecule has 0 atom stereocenters. The van der Waals surface area contributed by atoms with Crippen molar-refractivity contribution < 1.29 is 4.74 Å². The number of aromatic amines is 1. The highest BCUT2D eigenvalue weighted by molar-refractivity contribution is 6.58. The van der Waals surface area contributed by atoms with Gasteiger partial charge in [0.2, 0.25) is 5.95 Å². The van der Waals surface area contributed by atoms with Crippen LogP contribution in [0.4, 0.5) is 5.95 Å². The molecule has 1 aliphatic carbocycles. The van der Waals surface area contributed by atoms with Gasteiger partial charge in [0, 0.05) is 41.8 Å². The number of nitrogens with zero attached hydrogens (tertiary/aromatic N) is 5. The van der Waals surface area contributed by atoms with Gasteiger partial charge in [0.25, 0.3) is 0 Å². The van der Waals surface area contributed by atoms with E-state index in [2.05, 4.69) is 48.9 Å². The van der Waals surface area contributed by atoms with Gasteiger partial charge < -0.3 is 15.0 Å². The second kappa shape index (κ2) is 7.47. The van der Waals surface area contributed by atoms with Crippen molar-refractivity contribution in [3.05, 3.63) is 36.9 Å². The SMILES string of the molecule is BC(B)(B)O[C@H]1CC[C@@H](Nc2ncc3c(-c4ccc5nccn5n4)c[nH]c3n2)CC1. The largest absolute Gasteiger partial charge is 0.398 e. The molecule has 30 heavy (non-hydrogen) atoms. The summed E-state index contributed by atoms with van der Waals surface area (Å²) in [5.41, 5.74) is 3.46. The number of nitrogens with one attached hydrogen (secondary N) is 2. The molecule has 0 aromatic carbocycles. The van der Waals surface area contributed by atoms with E-state index in [9.17, 15) is 0 Å². The molecular weight excluding hydrogens is 375 g/mol. The number of aromatic nitrogens is 6. The van der Waals surface area contributed by atoms with Crippen LogP contribution in [-0.4, -0.2) is 70.5 Å². The first-order valence-corrected chi connectivity index (χ1v) is 10.5. The molecule has 2 N–H and O–H groups in total. The Labute approximate surface area is 177 Å². The molecule has 8 nitrogen and oxygen atoms in total. The number of rotatable bonds is 5. The first-order chi connectivity index (χ1) is 14.4. The summed E-state index contributed by atoms with van der Waals surface area (Å²) in [4.78, 5) is 16.8. The number of ether oxygens (including phenoxy) is 1. The summed E-state index contributed by atoms with van der Waals surface area (Å²) in [5.74, 6) is 0.661. The van der Waals surface area contributed by atoms with Crippen molar-refractivity contribution in [1.82, 2.24) is 29.5 Å². The standard InChI is InChI=1S/C19H24B3N7O/c20-19(21,22)30-12-3-1-11(2-4-12)26-18-25-10-14-13(9-24-17(14)27-18)15-5-6-16-23-7-8-29(16)28-15/h5-12H,1-4,20-22H2,(H2,24,25,26,27)/t11-,12+. The van der Waals surface area contributed by atoms with Crippen LogP contribution < -0.4 is 5.32 Å². The van der Waals surface area contributed by atoms with Gasteiger partial charge in [0.15, 0.2) is 5.65 Å². The van der Waals surface area contributed by atoms with Crippen molar-refractivity contribution in [3.8, 4) is 11.3 Å². The lowest BCUT2D eigenvalue weighted by Gasteiger charge is -2.34. The number of imidazole rings is 1. The maximum Gasteiger partial charge on any atom is 0.224 e. The lowest BCUT2D eigenvalue weighted by molar-refractivity contribution is 0.0202. The van der Waals surface area contributed by atoms with Crippen LogP contribution in [0, 0.1) is 0 Å². The molecule has 0 amide bonds. The van der Waals surface area contributed by atoms with Gasteiger partial charge in [0.1, 0.15) is 29.2 Å². The monoisotopic (exact) mass is 399 g/mol. The lowest BCUT2D eigenvalue weighted by atomic mass is 9.52. The fourth-order valence-electron chi connectivity index (χ4n) is 4.16. The number of hydrogen-bond donors (Lipinski definition) is 2. The zero-order valence-corrected chi connectivity index (χ0v) is 17.6. The summed E-state index contributed by atoms with van der Waals surface area (Å²) in [7, 11) is 6.36. The molecule has 0 radical (unpaired) electrons. The maximum absolute atomic E-state index is 6.13. The third kappa shape index (κ3) is 3.94. The summed E-state index contributed by atoms with van der Waals surface area (Å²) in [5, 5.41) is 9.00. The van der Waals surface area contributed by atoms with E-state index in [0.29, 0.717) is 18.1 Å². The Balaban J connectivity index is 1.29. The maximum atomic E-state index is 6.13. The first-order valence-electron chi connectivity index (χ1n) is 10.5. The van der Waals surface area contributed by atoms with E-state index in [1.807, 2.05) is 30.7 Å². The summed E-state index contributed by atoms with van der Waals surface area (Å²) in [6.07, 6.45) is 12.0. The topological polar surface area (TPSA) is 93.0 Å². The van der Waals surface area contributed by atoms with Crippen molar-refractivity contribution in [1.29, 1.82) is 0 Å². The van der Waals surface area contributed by atoms with E-state index in [1.165, 1.54) is 0 Å². The van der Waals surface area contributed by atoms with Crippen molar-refractivity contribution >= 4 is 46.2 Å². The molecule has 0 spiro atoms. The van der Waals surface area contributed by atoms with Gasteiger partial charge in [-0.2, -0.15) is 10.1 Å². The van der Waals surface area contributed by atoms with Gasteiger partial charge in [0.05, 0.1) is 11.8 Å². The van der Waals surface area contributed by atoms with Crippen molar-refractivity contribution in [2.24, 2.45) is 0 Å². The summed E-state index contributed by atoms with van der Waals surface area (Å²) >= 11 is 0. The molecule has 5 rings (SSSR count). The highest BCUT2D eigenvalue weighted by Gasteiger charge is 2.25. The molecule has 0 saturated heterocycles. The number of hydrogen-bond acceptors (Lipinski definition) is 6. The lowest BCUT2D eigenvalue weighted by Crippen LogP contribution is -2.41. The average Bonchev–Trinajstić information content (AvgIpc) is 3.34. The van der Waals surface area contributed by atoms with Crippen LogP contribution >= 0.6 is 0 Å². The third-order valence-electron chi connectivity index (χ3n) is 5.49. The minimum absolute atomic E-state index is 0.0817. The predicted molar refractivity (Wildman–Crippen MR) is 125 cm³/mol. The Bertz CT molecular complexity index is 1180. The molecule has 0 unspecified atom stereocenters. The molecule has 11 heteroatoms. The molecule has 1 aliphatic rings.